The van der Waals surface area contributed by atoms with Crippen LogP contribution >= 0.6 is 23.1 Å². The van der Waals surface area contributed by atoms with Gasteiger partial charge in [-0.2, -0.15) is 9.78 Å². The molecule has 0 N–H and O–H groups in total. The predicted molar refractivity (Wildman–Crippen MR) is 80.2 cm³/mol. The molecule has 3 heterocycles. The molecule has 1 aromatic carbocycles. The van der Waals surface area contributed by atoms with Crippen molar-refractivity contribution in [2.75, 3.05) is 5.75 Å². The number of fused-ring (bicyclic) bond motifs is 1. The van der Waals surface area contributed by atoms with E-state index in [2.05, 4.69) is 20.3 Å². The second-order valence-corrected chi connectivity index (χ2v) is 5.99. The first-order valence-corrected chi connectivity index (χ1v) is 7.90. The maximum Gasteiger partial charge on any atom is 0.212 e. The van der Waals surface area contributed by atoms with Crippen molar-refractivity contribution < 1.29 is 0 Å². The smallest absolute Gasteiger partial charge is 0.212 e. The lowest BCUT2D eigenvalue weighted by Crippen LogP contribution is -2.13. The molecule has 1 aliphatic rings. The monoisotopic (exact) mass is 299 g/mol. The predicted octanol–water partition coefficient (Wildman–Crippen LogP) is 2.76. The van der Waals surface area contributed by atoms with Gasteiger partial charge in [0.15, 0.2) is 5.82 Å². The van der Waals surface area contributed by atoms with Crippen LogP contribution in [0.15, 0.2) is 52.2 Å². The number of thioether (sulfide) groups is 1. The van der Waals surface area contributed by atoms with E-state index in [0.717, 1.165) is 33.0 Å². The number of aromatic nitrogens is 4. The highest BCUT2D eigenvalue weighted by atomic mass is 32.2. The summed E-state index contributed by atoms with van der Waals surface area (Å²) in [6.45, 7) is 0. The topological polar surface area (TPSA) is 56.0 Å². The highest BCUT2D eigenvalue weighted by molar-refractivity contribution is 7.99. The van der Waals surface area contributed by atoms with Gasteiger partial charge in [0.25, 0.3) is 0 Å². The van der Waals surface area contributed by atoms with Crippen molar-refractivity contribution in [3.05, 3.63) is 46.9 Å². The number of benzene rings is 1. The average Bonchev–Trinajstić information content (AvgIpc) is 3.17. The summed E-state index contributed by atoms with van der Waals surface area (Å²) < 4.78 is 1.81. The van der Waals surface area contributed by atoms with E-state index in [4.69, 9.17) is 0 Å². The van der Waals surface area contributed by atoms with E-state index in [1.165, 1.54) is 0 Å². The summed E-state index contributed by atoms with van der Waals surface area (Å²) in [5, 5.41) is 16.9. The van der Waals surface area contributed by atoms with Gasteiger partial charge in [-0.05, 0) is 0 Å². The van der Waals surface area contributed by atoms with Crippen LogP contribution in [0.2, 0.25) is 0 Å². The highest BCUT2D eigenvalue weighted by Gasteiger charge is 2.21. The van der Waals surface area contributed by atoms with Gasteiger partial charge in [-0.1, -0.05) is 42.1 Å². The first-order chi connectivity index (χ1) is 9.92. The molecule has 0 aliphatic carbocycles. The SMILES string of the molecule is c1ccc(-c2nnc3n2N=C(c2nccs2)CS3)cc1. The second-order valence-electron chi connectivity index (χ2n) is 4.16. The third kappa shape index (κ3) is 1.95. The van der Waals surface area contributed by atoms with Crippen molar-refractivity contribution >= 4 is 28.8 Å². The number of hydrogen-bond donors (Lipinski definition) is 0. The summed E-state index contributed by atoms with van der Waals surface area (Å²) >= 11 is 3.23. The van der Waals surface area contributed by atoms with E-state index in [9.17, 15) is 0 Å². The fourth-order valence-electron chi connectivity index (χ4n) is 1.97. The molecule has 98 valence electrons. The van der Waals surface area contributed by atoms with Crippen LogP contribution in [0.5, 0.6) is 0 Å². The lowest BCUT2D eigenvalue weighted by atomic mass is 10.2. The lowest BCUT2D eigenvalue weighted by molar-refractivity contribution is 0.762. The summed E-state index contributed by atoms with van der Waals surface area (Å²) in [5.41, 5.74) is 1.98. The van der Waals surface area contributed by atoms with Crippen molar-refractivity contribution in [1.82, 2.24) is 19.9 Å². The minimum Gasteiger partial charge on any atom is -0.243 e. The van der Waals surface area contributed by atoms with Gasteiger partial charge in [-0.15, -0.1) is 21.5 Å². The third-order valence-corrected chi connectivity index (χ3v) is 4.63. The molecule has 0 amide bonds. The second kappa shape index (κ2) is 4.84. The molecule has 20 heavy (non-hydrogen) atoms. The molecular weight excluding hydrogens is 290 g/mol. The van der Waals surface area contributed by atoms with Crippen LogP contribution in [0.1, 0.15) is 5.01 Å². The number of rotatable bonds is 2. The van der Waals surface area contributed by atoms with Gasteiger partial charge in [-0.25, -0.2) is 4.98 Å². The van der Waals surface area contributed by atoms with Gasteiger partial charge in [0.05, 0.1) is 0 Å². The normalized spacial score (nSPS) is 13.9. The molecule has 0 bridgehead atoms. The average molecular weight is 299 g/mol. The van der Waals surface area contributed by atoms with Gasteiger partial charge in [0, 0.05) is 22.9 Å². The Morgan fingerprint density at radius 2 is 2.00 bits per heavy atom. The Kier molecular flexibility index (Phi) is 2.86. The van der Waals surface area contributed by atoms with Crippen LogP contribution in [-0.4, -0.2) is 31.3 Å². The molecule has 2 aromatic heterocycles. The summed E-state index contributed by atoms with van der Waals surface area (Å²) in [4.78, 5) is 4.32. The first-order valence-electron chi connectivity index (χ1n) is 6.03. The Labute approximate surface area is 123 Å². The summed E-state index contributed by atoms with van der Waals surface area (Å²) in [5.74, 6) is 1.54. The lowest BCUT2D eigenvalue weighted by Gasteiger charge is -2.11. The standard InChI is InChI=1S/C13H9N5S2/c1-2-4-9(5-3-1)11-15-16-13-18(11)17-10(8-20-13)12-14-6-7-19-12/h1-7H,8H2. The third-order valence-electron chi connectivity index (χ3n) is 2.88. The number of thiazole rings is 1. The van der Waals surface area contributed by atoms with Crippen molar-refractivity contribution in [2.24, 2.45) is 5.10 Å². The quantitative estimate of drug-likeness (QED) is 0.730. The van der Waals surface area contributed by atoms with Crippen LogP contribution < -0.4 is 0 Å². The van der Waals surface area contributed by atoms with Crippen LogP contribution in [0.25, 0.3) is 11.4 Å². The minimum atomic E-state index is 0.766. The Morgan fingerprint density at radius 3 is 2.80 bits per heavy atom. The van der Waals surface area contributed by atoms with Gasteiger partial charge in [0.1, 0.15) is 10.7 Å². The molecule has 5 nitrogen and oxygen atoms in total. The van der Waals surface area contributed by atoms with Crippen molar-refractivity contribution in [3.8, 4) is 11.4 Å². The molecule has 0 saturated heterocycles. The Balaban J connectivity index is 1.83. The molecule has 0 spiro atoms. The molecule has 0 radical (unpaired) electrons. The largest absolute Gasteiger partial charge is 0.243 e. The Bertz CT molecular complexity index is 761. The van der Waals surface area contributed by atoms with Crippen molar-refractivity contribution in [3.63, 3.8) is 0 Å². The maximum absolute atomic E-state index is 4.66. The molecule has 1 aliphatic heterocycles. The van der Waals surface area contributed by atoms with Gasteiger partial charge >= 0.3 is 0 Å². The van der Waals surface area contributed by atoms with E-state index >= 15 is 0 Å². The molecule has 0 atom stereocenters. The van der Waals surface area contributed by atoms with Crippen LogP contribution in [0.4, 0.5) is 0 Å². The van der Waals surface area contributed by atoms with Crippen LogP contribution in [0.3, 0.4) is 0 Å². The van der Waals surface area contributed by atoms with Crippen molar-refractivity contribution in [1.29, 1.82) is 0 Å². The van der Waals surface area contributed by atoms with E-state index < -0.39 is 0 Å². The number of hydrogen-bond acceptors (Lipinski definition) is 6. The molecule has 0 unspecified atom stereocenters. The molecule has 3 aromatic rings. The zero-order chi connectivity index (χ0) is 13.4. The van der Waals surface area contributed by atoms with Crippen LogP contribution in [-0.2, 0) is 0 Å². The zero-order valence-corrected chi connectivity index (χ0v) is 11.9. The van der Waals surface area contributed by atoms with E-state index in [-0.39, 0.29) is 0 Å². The molecule has 4 rings (SSSR count). The molecular formula is C13H9N5S2. The molecule has 7 heteroatoms. The fourth-order valence-corrected chi connectivity index (χ4v) is 3.49. The van der Waals surface area contributed by atoms with Gasteiger partial charge in [0.2, 0.25) is 5.16 Å². The van der Waals surface area contributed by atoms with Gasteiger partial charge < -0.3 is 0 Å². The van der Waals surface area contributed by atoms with E-state index in [1.807, 2.05) is 35.7 Å². The van der Waals surface area contributed by atoms with Crippen LogP contribution in [0, 0.1) is 0 Å². The first kappa shape index (κ1) is 11.8. The fraction of sp³-hybridized carbons (Fsp3) is 0.0769. The number of nitrogens with zero attached hydrogens (tertiary/aromatic N) is 5. The van der Waals surface area contributed by atoms with Crippen molar-refractivity contribution in [2.45, 2.75) is 5.16 Å². The summed E-state index contributed by atoms with van der Waals surface area (Å²) in [7, 11) is 0. The molecule has 0 saturated carbocycles. The van der Waals surface area contributed by atoms with Gasteiger partial charge in [-0.3, -0.25) is 0 Å². The Hall–Kier alpha value is -1.99. The Morgan fingerprint density at radius 1 is 1.10 bits per heavy atom. The zero-order valence-electron chi connectivity index (χ0n) is 10.3. The van der Waals surface area contributed by atoms with E-state index in [1.54, 1.807) is 34.0 Å². The maximum atomic E-state index is 4.66. The highest BCUT2D eigenvalue weighted by Crippen LogP contribution is 2.28. The minimum absolute atomic E-state index is 0.766. The van der Waals surface area contributed by atoms with E-state index in [0.29, 0.717) is 0 Å². The summed E-state index contributed by atoms with van der Waals surface area (Å²) in [6.07, 6.45) is 1.80. The summed E-state index contributed by atoms with van der Waals surface area (Å²) in [6, 6.07) is 9.97. The molecule has 0 fully saturated rings.